The highest BCUT2D eigenvalue weighted by molar-refractivity contribution is 8.01. The molecule has 0 radical (unpaired) electrons. The highest BCUT2D eigenvalue weighted by Gasteiger charge is 2.29. The first-order chi connectivity index (χ1) is 13.4. The molecule has 2 aromatic carbocycles. The molecule has 10 heteroatoms. The number of nitro groups is 1. The maximum absolute atomic E-state index is 12.8. The second-order valence-electron chi connectivity index (χ2n) is 6.40. The van der Waals surface area contributed by atoms with Crippen molar-refractivity contribution in [3.8, 4) is 0 Å². The summed E-state index contributed by atoms with van der Waals surface area (Å²) in [6, 6.07) is 11.8. The molecule has 1 aliphatic heterocycles. The topological polar surface area (TPSA) is 93.4 Å². The van der Waals surface area contributed by atoms with Crippen LogP contribution in [0, 0.1) is 10.1 Å². The number of hydrogen-bond donors (Lipinski definition) is 0. The summed E-state index contributed by atoms with van der Waals surface area (Å²) in [5, 5.41) is 11.6. The fourth-order valence-electron chi connectivity index (χ4n) is 3.13. The minimum Gasteiger partial charge on any atom is -0.258 e. The number of sulfonamides is 1. The van der Waals surface area contributed by atoms with E-state index in [1.807, 2.05) is 24.3 Å². The molecule has 0 saturated carbocycles. The second kappa shape index (κ2) is 7.78. The van der Waals surface area contributed by atoms with Crippen LogP contribution in [0.3, 0.4) is 0 Å². The van der Waals surface area contributed by atoms with Crippen LogP contribution in [0.2, 0.25) is 0 Å². The van der Waals surface area contributed by atoms with Crippen molar-refractivity contribution in [3.05, 3.63) is 52.6 Å². The fourth-order valence-corrected chi connectivity index (χ4v) is 6.78. The van der Waals surface area contributed by atoms with Crippen molar-refractivity contribution in [3.63, 3.8) is 0 Å². The van der Waals surface area contributed by atoms with Gasteiger partial charge >= 0.3 is 0 Å². The molecule has 28 heavy (non-hydrogen) atoms. The van der Waals surface area contributed by atoms with Crippen LogP contribution in [0.4, 0.5) is 5.69 Å². The smallest absolute Gasteiger partial charge is 0.258 e. The van der Waals surface area contributed by atoms with Gasteiger partial charge in [-0.3, -0.25) is 10.1 Å². The molecule has 7 nitrogen and oxygen atoms in total. The Morgan fingerprint density at radius 3 is 2.57 bits per heavy atom. The number of nitro benzene ring substituents is 1. The average molecular weight is 436 g/mol. The van der Waals surface area contributed by atoms with Crippen molar-refractivity contribution < 1.29 is 13.3 Å². The molecule has 2 heterocycles. The van der Waals surface area contributed by atoms with Gasteiger partial charge in [0.1, 0.15) is 0 Å². The first kappa shape index (κ1) is 19.3. The van der Waals surface area contributed by atoms with E-state index in [9.17, 15) is 18.5 Å². The Bertz CT molecular complexity index is 1100. The van der Waals surface area contributed by atoms with Gasteiger partial charge in [-0.15, -0.1) is 11.3 Å². The van der Waals surface area contributed by atoms with Gasteiger partial charge in [0.05, 0.1) is 24.9 Å². The minimum atomic E-state index is -3.72. The van der Waals surface area contributed by atoms with Gasteiger partial charge in [-0.2, -0.15) is 4.31 Å². The van der Waals surface area contributed by atoms with Gasteiger partial charge in [0.25, 0.3) is 5.69 Å². The highest BCUT2D eigenvalue weighted by atomic mass is 32.2. The Balaban J connectivity index is 1.68. The first-order valence-electron chi connectivity index (χ1n) is 8.77. The maximum Gasteiger partial charge on any atom is 0.284 e. The number of nitrogens with zero attached hydrogens (tertiary/aromatic N) is 3. The maximum atomic E-state index is 12.8. The van der Waals surface area contributed by atoms with E-state index in [1.165, 1.54) is 45.6 Å². The molecular formula is C18H17N3O4S3. The summed E-state index contributed by atoms with van der Waals surface area (Å²) in [7, 11) is -3.72. The zero-order chi connectivity index (χ0) is 19.7. The lowest BCUT2D eigenvalue weighted by Gasteiger charge is -2.25. The third-order valence-corrected chi connectivity index (χ3v) is 8.61. The fraction of sp³-hybridized carbons (Fsp3) is 0.278. The molecule has 0 atom stereocenters. The predicted octanol–water partition coefficient (Wildman–Crippen LogP) is 4.53. The molecule has 4 rings (SSSR count). The molecule has 0 bridgehead atoms. The second-order valence-corrected chi connectivity index (χ2v) is 10.7. The molecule has 1 aliphatic rings. The van der Waals surface area contributed by atoms with Gasteiger partial charge in [0, 0.05) is 19.2 Å². The van der Waals surface area contributed by atoms with Gasteiger partial charge in [-0.25, -0.2) is 13.4 Å². The Morgan fingerprint density at radius 1 is 1.11 bits per heavy atom. The van der Waals surface area contributed by atoms with Gasteiger partial charge in [0.15, 0.2) is 4.34 Å². The van der Waals surface area contributed by atoms with Crippen LogP contribution in [0.25, 0.3) is 10.2 Å². The largest absolute Gasteiger partial charge is 0.284 e. The Labute approximate surface area is 170 Å². The molecule has 0 aliphatic carbocycles. The van der Waals surface area contributed by atoms with Crippen molar-refractivity contribution >= 4 is 49.0 Å². The van der Waals surface area contributed by atoms with Crippen molar-refractivity contribution in [1.29, 1.82) is 0 Å². The highest BCUT2D eigenvalue weighted by Crippen LogP contribution is 2.39. The van der Waals surface area contributed by atoms with Crippen LogP contribution in [0.5, 0.6) is 0 Å². The van der Waals surface area contributed by atoms with Crippen molar-refractivity contribution in [1.82, 2.24) is 9.29 Å². The number of piperidine rings is 1. The number of hydrogen-bond acceptors (Lipinski definition) is 7. The minimum absolute atomic E-state index is 0.0326. The quantitative estimate of drug-likeness (QED) is 0.432. The third-order valence-electron chi connectivity index (χ3n) is 4.55. The van der Waals surface area contributed by atoms with E-state index in [-0.39, 0.29) is 10.6 Å². The van der Waals surface area contributed by atoms with E-state index in [1.54, 1.807) is 0 Å². The van der Waals surface area contributed by atoms with Crippen LogP contribution in [0.15, 0.2) is 56.6 Å². The van der Waals surface area contributed by atoms with Crippen molar-refractivity contribution in [2.45, 2.75) is 33.4 Å². The van der Waals surface area contributed by atoms with Gasteiger partial charge in [-0.05, 0) is 37.1 Å². The average Bonchev–Trinajstić information content (AvgIpc) is 3.11. The van der Waals surface area contributed by atoms with E-state index >= 15 is 0 Å². The number of fused-ring (bicyclic) bond motifs is 1. The van der Waals surface area contributed by atoms with Crippen molar-refractivity contribution in [2.75, 3.05) is 13.1 Å². The molecule has 146 valence electrons. The SMILES string of the molecule is O=[N+]([O-])c1cc(S(=O)(=O)N2CCCCC2)ccc1Sc1nc2ccccc2s1. The van der Waals surface area contributed by atoms with Gasteiger partial charge in [0.2, 0.25) is 10.0 Å². The van der Waals surface area contributed by atoms with E-state index in [0.29, 0.717) is 22.3 Å². The number of benzene rings is 2. The predicted molar refractivity (Wildman–Crippen MR) is 109 cm³/mol. The lowest BCUT2D eigenvalue weighted by atomic mass is 10.2. The van der Waals surface area contributed by atoms with Gasteiger partial charge < -0.3 is 0 Å². The van der Waals surface area contributed by atoms with E-state index in [2.05, 4.69) is 4.98 Å². The van der Waals surface area contributed by atoms with Crippen LogP contribution in [-0.2, 0) is 10.0 Å². The van der Waals surface area contributed by atoms with Gasteiger partial charge in [-0.1, -0.05) is 30.3 Å². The molecule has 1 saturated heterocycles. The summed E-state index contributed by atoms with van der Waals surface area (Å²) in [4.78, 5) is 15.9. The van der Waals surface area contributed by atoms with Crippen molar-refractivity contribution in [2.24, 2.45) is 0 Å². The Hall–Kier alpha value is -2.01. The van der Waals surface area contributed by atoms with E-state index in [0.717, 1.165) is 29.5 Å². The standard InChI is InChI=1S/C18H17N3O4S3/c22-21(23)15-12-13(28(24,25)20-10-4-1-5-11-20)8-9-17(15)27-18-19-14-6-2-3-7-16(14)26-18/h2-3,6-9,12H,1,4-5,10-11H2. The molecule has 0 unspecified atom stereocenters. The van der Waals surface area contributed by atoms with Crippen LogP contribution >= 0.6 is 23.1 Å². The molecule has 1 fully saturated rings. The summed E-state index contributed by atoms with van der Waals surface area (Å²) in [6.07, 6.45) is 2.63. The summed E-state index contributed by atoms with van der Waals surface area (Å²) >= 11 is 2.63. The number of thiazole rings is 1. The van der Waals surface area contributed by atoms with Crippen LogP contribution in [-0.4, -0.2) is 35.7 Å². The summed E-state index contributed by atoms with van der Waals surface area (Å²) in [5.74, 6) is 0. The first-order valence-corrected chi connectivity index (χ1v) is 11.8. The monoisotopic (exact) mass is 435 g/mol. The summed E-state index contributed by atoms with van der Waals surface area (Å²) in [6.45, 7) is 0.913. The summed E-state index contributed by atoms with van der Waals surface area (Å²) in [5.41, 5.74) is 0.615. The lowest BCUT2D eigenvalue weighted by Crippen LogP contribution is -2.35. The number of para-hydroxylation sites is 1. The third kappa shape index (κ3) is 3.77. The molecule has 1 aromatic heterocycles. The van der Waals surface area contributed by atoms with Crippen LogP contribution in [0.1, 0.15) is 19.3 Å². The van der Waals surface area contributed by atoms with Crippen LogP contribution < -0.4 is 0 Å². The number of aromatic nitrogens is 1. The number of rotatable bonds is 5. The molecule has 0 amide bonds. The zero-order valence-electron chi connectivity index (χ0n) is 14.8. The van der Waals surface area contributed by atoms with E-state index in [4.69, 9.17) is 0 Å². The van der Waals surface area contributed by atoms with E-state index < -0.39 is 14.9 Å². The summed E-state index contributed by atoms with van der Waals surface area (Å²) < 4.78 is 28.8. The zero-order valence-corrected chi connectivity index (χ0v) is 17.2. The molecular weight excluding hydrogens is 418 g/mol. The normalized spacial score (nSPS) is 15.7. The Morgan fingerprint density at radius 2 is 1.86 bits per heavy atom. The molecule has 0 N–H and O–H groups in total. The molecule has 3 aromatic rings. The Kier molecular flexibility index (Phi) is 5.37. The lowest BCUT2D eigenvalue weighted by molar-refractivity contribution is -0.388. The molecule has 0 spiro atoms.